The molecule has 0 amide bonds. The Balaban J connectivity index is 2.75. The quantitative estimate of drug-likeness (QED) is 0.469. The maximum Gasteiger partial charge on any atom is 0.319 e. The average molecular weight is 353 g/mol. The Morgan fingerprint density at radius 3 is 2.35 bits per heavy atom. The van der Waals surface area contributed by atoms with Crippen LogP contribution in [0.15, 0.2) is 0 Å². The molecule has 0 saturated carbocycles. The summed E-state index contributed by atoms with van der Waals surface area (Å²) in [5.41, 5.74) is -0.237. The van der Waals surface area contributed by atoms with Crippen molar-refractivity contribution >= 4 is 28.6 Å². The Hall–Kier alpha value is 0.160. The number of piperidine rings is 1. The molecular formula is C13H24INO2. The van der Waals surface area contributed by atoms with Crippen molar-refractivity contribution in [2.75, 3.05) is 13.1 Å². The van der Waals surface area contributed by atoms with Gasteiger partial charge in [0.2, 0.25) is 0 Å². The normalized spacial score (nSPS) is 20.0. The first-order valence-electron chi connectivity index (χ1n) is 6.63. The van der Waals surface area contributed by atoms with E-state index in [1.807, 2.05) is 6.92 Å². The fourth-order valence-corrected chi connectivity index (χ4v) is 2.81. The van der Waals surface area contributed by atoms with Crippen molar-refractivity contribution in [3.05, 3.63) is 0 Å². The highest BCUT2D eigenvalue weighted by Gasteiger charge is 2.40. The summed E-state index contributed by atoms with van der Waals surface area (Å²) in [4.78, 5) is 11.9. The van der Waals surface area contributed by atoms with E-state index >= 15 is 0 Å². The van der Waals surface area contributed by atoms with Gasteiger partial charge in [0.15, 0.2) is 0 Å². The number of carbonyl (C=O) groups excluding carboxylic acids is 1. The second-order valence-electron chi connectivity index (χ2n) is 4.83. The highest BCUT2D eigenvalue weighted by atomic mass is 127. The molecule has 1 unspecified atom stereocenters. The lowest BCUT2D eigenvalue weighted by Gasteiger charge is -2.41. The number of carbonyl (C=O) groups is 1. The van der Waals surface area contributed by atoms with Crippen molar-refractivity contribution in [2.24, 2.45) is 5.92 Å². The molecule has 1 heterocycles. The number of esters is 1. The largest absolute Gasteiger partial charge is 0.458 e. The second kappa shape index (κ2) is 6.92. The summed E-state index contributed by atoms with van der Waals surface area (Å²) in [6.45, 7) is 8.25. The monoisotopic (exact) mass is 353 g/mol. The lowest BCUT2D eigenvalue weighted by atomic mass is 9.77. The van der Waals surface area contributed by atoms with Crippen molar-refractivity contribution in [3.63, 3.8) is 0 Å². The van der Waals surface area contributed by atoms with E-state index in [4.69, 9.17) is 4.74 Å². The van der Waals surface area contributed by atoms with E-state index in [1.165, 1.54) is 0 Å². The number of hydrogen-bond donors (Lipinski definition) is 1. The minimum atomic E-state index is -0.237. The van der Waals surface area contributed by atoms with Gasteiger partial charge in [0.05, 0.1) is 0 Å². The van der Waals surface area contributed by atoms with E-state index in [9.17, 15) is 4.79 Å². The van der Waals surface area contributed by atoms with Gasteiger partial charge < -0.3 is 10.1 Å². The van der Waals surface area contributed by atoms with Crippen LogP contribution in [0, 0.1) is 5.92 Å². The van der Waals surface area contributed by atoms with Crippen LogP contribution < -0.4 is 5.32 Å². The fourth-order valence-electron chi connectivity index (χ4n) is 2.68. The molecule has 100 valence electrons. The zero-order chi connectivity index (χ0) is 12.9. The summed E-state index contributed by atoms with van der Waals surface area (Å²) < 4.78 is 5.80. The number of hydrogen-bond acceptors (Lipinski definition) is 3. The second-order valence-corrected chi connectivity index (χ2v) is 6.70. The number of nitrogens with one attached hydrogen (secondary N) is 1. The van der Waals surface area contributed by atoms with E-state index in [0.717, 1.165) is 38.8 Å². The van der Waals surface area contributed by atoms with Gasteiger partial charge in [-0.15, -0.1) is 0 Å². The number of ether oxygens (including phenoxy) is 1. The van der Waals surface area contributed by atoms with Crippen molar-refractivity contribution in [3.8, 4) is 0 Å². The SMILES string of the molecule is CCC(CC)(OC(=O)C(C)I)C1CCNCC1. The summed E-state index contributed by atoms with van der Waals surface area (Å²) in [7, 11) is 0. The van der Waals surface area contributed by atoms with Gasteiger partial charge >= 0.3 is 5.97 Å². The van der Waals surface area contributed by atoms with Crippen molar-refractivity contribution in [1.82, 2.24) is 5.32 Å². The molecule has 0 aromatic carbocycles. The molecule has 0 aromatic heterocycles. The molecular weight excluding hydrogens is 329 g/mol. The van der Waals surface area contributed by atoms with Crippen LogP contribution in [0.25, 0.3) is 0 Å². The van der Waals surface area contributed by atoms with Crippen LogP contribution in [-0.4, -0.2) is 28.6 Å². The van der Waals surface area contributed by atoms with Crippen LogP contribution in [0.1, 0.15) is 46.5 Å². The van der Waals surface area contributed by atoms with Crippen LogP contribution in [-0.2, 0) is 9.53 Å². The van der Waals surface area contributed by atoms with Gasteiger partial charge in [-0.25, -0.2) is 0 Å². The molecule has 17 heavy (non-hydrogen) atoms. The third-order valence-corrected chi connectivity index (χ3v) is 4.42. The first-order chi connectivity index (χ1) is 8.05. The Bertz CT molecular complexity index is 246. The molecule has 3 nitrogen and oxygen atoms in total. The third-order valence-electron chi connectivity index (χ3n) is 3.91. The molecule has 1 aliphatic heterocycles. The van der Waals surface area contributed by atoms with Gasteiger partial charge in [-0.1, -0.05) is 36.4 Å². The summed E-state index contributed by atoms with van der Waals surface area (Å²) >= 11 is 2.13. The lowest BCUT2D eigenvalue weighted by Crippen LogP contribution is -2.47. The van der Waals surface area contributed by atoms with E-state index in [0.29, 0.717) is 5.92 Å². The van der Waals surface area contributed by atoms with Gasteiger partial charge in [0, 0.05) is 5.92 Å². The molecule has 1 atom stereocenters. The molecule has 0 spiro atoms. The molecule has 0 radical (unpaired) electrons. The first-order valence-corrected chi connectivity index (χ1v) is 7.88. The summed E-state index contributed by atoms with van der Waals surface area (Å²) in [6, 6.07) is 0. The molecule has 1 rings (SSSR count). The number of alkyl halides is 1. The van der Waals surface area contributed by atoms with E-state index in [2.05, 4.69) is 41.8 Å². The molecule has 0 aromatic rings. The maximum absolute atomic E-state index is 11.9. The Morgan fingerprint density at radius 1 is 1.41 bits per heavy atom. The van der Waals surface area contributed by atoms with Gasteiger partial charge in [-0.2, -0.15) is 0 Å². The van der Waals surface area contributed by atoms with Gasteiger partial charge in [0.25, 0.3) is 0 Å². The Labute approximate surface area is 118 Å². The Kier molecular flexibility index (Phi) is 6.20. The fraction of sp³-hybridized carbons (Fsp3) is 0.923. The van der Waals surface area contributed by atoms with Crippen LogP contribution in [0.5, 0.6) is 0 Å². The van der Waals surface area contributed by atoms with Crippen LogP contribution in [0.3, 0.4) is 0 Å². The molecule has 1 saturated heterocycles. The molecule has 1 fully saturated rings. The summed E-state index contributed by atoms with van der Waals surface area (Å²) in [5, 5.41) is 3.37. The molecule has 0 aliphatic carbocycles. The van der Waals surface area contributed by atoms with Gasteiger partial charge in [-0.3, -0.25) is 4.79 Å². The zero-order valence-electron chi connectivity index (χ0n) is 11.1. The minimum Gasteiger partial charge on any atom is -0.458 e. The maximum atomic E-state index is 11.9. The molecule has 4 heteroatoms. The number of halogens is 1. The van der Waals surface area contributed by atoms with Crippen LogP contribution >= 0.6 is 22.6 Å². The Morgan fingerprint density at radius 2 is 1.94 bits per heavy atom. The highest BCUT2D eigenvalue weighted by molar-refractivity contribution is 14.1. The predicted molar refractivity (Wildman–Crippen MR) is 78.5 cm³/mol. The first kappa shape index (κ1) is 15.2. The summed E-state index contributed by atoms with van der Waals surface area (Å²) in [6.07, 6.45) is 4.07. The summed E-state index contributed by atoms with van der Waals surface area (Å²) in [5.74, 6) is 0.450. The van der Waals surface area contributed by atoms with E-state index < -0.39 is 0 Å². The highest BCUT2D eigenvalue weighted by Crippen LogP contribution is 2.36. The third kappa shape index (κ3) is 3.81. The van der Waals surface area contributed by atoms with E-state index in [-0.39, 0.29) is 15.5 Å². The smallest absolute Gasteiger partial charge is 0.319 e. The van der Waals surface area contributed by atoms with Crippen molar-refractivity contribution in [1.29, 1.82) is 0 Å². The van der Waals surface area contributed by atoms with Gasteiger partial charge in [-0.05, 0) is 45.7 Å². The van der Waals surface area contributed by atoms with Crippen LogP contribution in [0.4, 0.5) is 0 Å². The lowest BCUT2D eigenvalue weighted by molar-refractivity contribution is -0.167. The molecule has 1 N–H and O–H groups in total. The van der Waals surface area contributed by atoms with Crippen molar-refractivity contribution in [2.45, 2.75) is 56.0 Å². The van der Waals surface area contributed by atoms with Crippen LogP contribution in [0.2, 0.25) is 0 Å². The van der Waals surface area contributed by atoms with Crippen molar-refractivity contribution < 1.29 is 9.53 Å². The van der Waals surface area contributed by atoms with E-state index in [1.54, 1.807) is 0 Å². The molecule has 1 aliphatic rings. The molecule has 0 bridgehead atoms. The standard InChI is InChI=1S/C13H24INO2/c1-4-13(5-2,17-12(16)10(3)14)11-6-8-15-9-7-11/h10-11,15H,4-9H2,1-3H3. The zero-order valence-corrected chi connectivity index (χ0v) is 13.2. The predicted octanol–water partition coefficient (Wildman–Crippen LogP) is 2.91. The topological polar surface area (TPSA) is 38.3 Å². The number of rotatable bonds is 5. The average Bonchev–Trinajstić information content (AvgIpc) is 2.36. The van der Waals surface area contributed by atoms with Gasteiger partial charge in [0.1, 0.15) is 9.53 Å². The minimum absolute atomic E-state index is 0.0622.